The van der Waals surface area contributed by atoms with Crippen LogP contribution in [0, 0.1) is 0 Å². The number of hydrogen-bond donors (Lipinski definition) is 1. The summed E-state index contributed by atoms with van der Waals surface area (Å²) in [5.41, 5.74) is 6.08. The topological polar surface area (TPSA) is 36.8 Å². The minimum Gasteiger partial charge on any atom is -0.261 e. The molecule has 0 aliphatic carbocycles. The maximum atomic E-state index is 5.87. The molecule has 1 aliphatic rings. The van der Waals surface area contributed by atoms with Gasteiger partial charge in [-0.05, 0) is 29.1 Å². The highest BCUT2D eigenvalue weighted by Gasteiger charge is 2.17. The van der Waals surface area contributed by atoms with E-state index in [0.717, 1.165) is 22.6 Å². The zero-order chi connectivity index (χ0) is 14.9. The lowest BCUT2D eigenvalue weighted by atomic mass is 10.0. The molecule has 22 heavy (non-hydrogen) atoms. The van der Waals surface area contributed by atoms with Gasteiger partial charge in [0.25, 0.3) is 0 Å². The Morgan fingerprint density at radius 1 is 0.955 bits per heavy atom. The summed E-state index contributed by atoms with van der Waals surface area (Å²) in [6.45, 7) is 0. The third kappa shape index (κ3) is 2.26. The van der Waals surface area contributed by atoms with Crippen LogP contribution >= 0.6 is 11.6 Å². The third-order valence-corrected chi connectivity index (χ3v) is 3.88. The van der Waals surface area contributed by atoms with Gasteiger partial charge < -0.3 is 0 Å². The van der Waals surface area contributed by atoms with E-state index in [-0.39, 0.29) is 0 Å². The number of hydrogen-bond acceptors (Lipinski definition) is 3. The summed E-state index contributed by atoms with van der Waals surface area (Å²) in [5.74, 6) is 0.775. The highest BCUT2D eigenvalue weighted by molar-refractivity contribution is 6.30. The SMILES string of the molecule is Clc1ccc(C=NNC2=Nc3cccc4cccc2c34)cc1. The van der Waals surface area contributed by atoms with Crippen molar-refractivity contribution in [2.24, 2.45) is 10.1 Å². The maximum absolute atomic E-state index is 5.87. The van der Waals surface area contributed by atoms with Gasteiger partial charge in [0.15, 0.2) is 5.84 Å². The number of benzene rings is 3. The van der Waals surface area contributed by atoms with Crippen LogP contribution in [0.4, 0.5) is 5.69 Å². The van der Waals surface area contributed by atoms with E-state index in [1.807, 2.05) is 42.5 Å². The Morgan fingerprint density at radius 2 is 1.73 bits per heavy atom. The highest BCUT2D eigenvalue weighted by atomic mass is 35.5. The van der Waals surface area contributed by atoms with Gasteiger partial charge >= 0.3 is 0 Å². The first kappa shape index (κ1) is 13.0. The van der Waals surface area contributed by atoms with E-state index in [4.69, 9.17) is 11.6 Å². The lowest BCUT2D eigenvalue weighted by Gasteiger charge is -2.02. The molecule has 0 bridgehead atoms. The summed E-state index contributed by atoms with van der Waals surface area (Å²) in [6.07, 6.45) is 1.75. The van der Waals surface area contributed by atoms with E-state index < -0.39 is 0 Å². The quantitative estimate of drug-likeness (QED) is 0.549. The van der Waals surface area contributed by atoms with Gasteiger partial charge in [0.1, 0.15) is 0 Å². The molecule has 3 aromatic rings. The van der Waals surface area contributed by atoms with E-state index in [2.05, 4.69) is 33.7 Å². The van der Waals surface area contributed by atoms with Crippen molar-refractivity contribution in [3.8, 4) is 0 Å². The Bertz CT molecular complexity index is 906. The van der Waals surface area contributed by atoms with Crippen molar-refractivity contribution in [1.29, 1.82) is 0 Å². The van der Waals surface area contributed by atoms with Gasteiger partial charge in [-0.3, -0.25) is 5.43 Å². The number of rotatable bonds is 2. The molecule has 106 valence electrons. The van der Waals surface area contributed by atoms with Crippen LogP contribution in [0.1, 0.15) is 11.1 Å². The Kier molecular flexibility index (Phi) is 3.13. The molecule has 0 amide bonds. The second-order valence-electron chi connectivity index (χ2n) is 5.06. The van der Waals surface area contributed by atoms with Crippen molar-refractivity contribution in [2.45, 2.75) is 0 Å². The van der Waals surface area contributed by atoms with Gasteiger partial charge in [-0.25, -0.2) is 4.99 Å². The zero-order valence-electron chi connectivity index (χ0n) is 11.6. The van der Waals surface area contributed by atoms with Crippen LogP contribution in [0.5, 0.6) is 0 Å². The standard InChI is InChI=1S/C18H12ClN3/c19-14-9-7-12(8-10-14)11-20-22-18-15-5-1-3-13-4-2-6-16(21-18)17(13)15/h1-11H,(H,21,22). The molecule has 0 saturated heterocycles. The lowest BCUT2D eigenvalue weighted by molar-refractivity contribution is 1.04. The molecule has 3 nitrogen and oxygen atoms in total. The fourth-order valence-electron chi connectivity index (χ4n) is 2.59. The van der Waals surface area contributed by atoms with Crippen molar-refractivity contribution in [3.63, 3.8) is 0 Å². The minimum atomic E-state index is 0.715. The molecule has 0 aromatic heterocycles. The summed E-state index contributed by atoms with van der Waals surface area (Å²) < 4.78 is 0. The van der Waals surface area contributed by atoms with E-state index >= 15 is 0 Å². The maximum Gasteiger partial charge on any atom is 0.154 e. The normalized spacial score (nSPS) is 12.9. The molecule has 0 spiro atoms. The Labute approximate surface area is 133 Å². The van der Waals surface area contributed by atoms with Gasteiger partial charge in [0, 0.05) is 16.0 Å². The summed E-state index contributed by atoms with van der Waals surface area (Å²) >= 11 is 5.87. The third-order valence-electron chi connectivity index (χ3n) is 3.62. The number of nitrogens with one attached hydrogen (secondary N) is 1. The zero-order valence-corrected chi connectivity index (χ0v) is 12.4. The predicted molar refractivity (Wildman–Crippen MR) is 92.3 cm³/mol. The molecule has 1 aliphatic heterocycles. The van der Waals surface area contributed by atoms with Crippen LogP contribution in [-0.4, -0.2) is 12.1 Å². The fraction of sp³-hybridized carbons (Fsp3) is 0. The van der Waals surface area contributed by atoms with Gasteiger partial charge in [-0.15, -0.1) is 0 Å². The molecule has 4 heteroatoms. The molecule has 1 N–H and O–H groups in total. The van der Waals surface area contributed by atoms with Crippen LogP contribution in [-0.2, 0) is 0 Å². The van der Waals surface area contributed by atoms with Crippen molar-refractivity contribution >= 4 is 40.1 Å². The van der Waals surface area contributed by atoms with E-state index in [9.17, 15) is 0 Å². The van der Waals surface area contributed by atoms with E-state index in [1.54, 1.807) is 6.21 Å². The average molecular weight is 306 g/mol. The summed E-state index contributed by atoms with van der Waals surface area (Å²) in [5, 5.41) is 7.36. The van der Waals surface area contributed by atoms with E-state index in [1.165, 1.54) is 10.8 Å². The number of amidine groups is 1. The molecular weight excluding hydrogens is 294 g/mol. The lowest BCUT2D eigenvalue weighted by Crippen LogP contribution is -2.17. The van der Waals surface area contributed by atoms with Crippen molar-refractivity contribution < 1.29 is 0 Å². The molecule has 1 heterocycles. The first-order valence-electron chi connectivity index (χ1n) is 6.97. The monoisotopic (exact) mass is 305 g/mol. The Hall–Kier alpha value is -2.65. The fourth-order valence-corrected chi connectivity index (χ4v) is 2.72. The number of aliphatic imine (C=N–C) groups is 1. The van der Waals surface area contributed by atoms with Crippen molar-refractivity contribution in [2.75, 3.05) is 0 Å². The predicted octanol–water partition coefficient (Wildman–Crippen LogP) is 4.51. The second kappa shape index (κ2) is 5.28. The minimum absolute atomic E-state index is 0.715. The molecule has 0 atom stereocenters. The Morgan fingerprint density at radius 3 is 2.55 bits per heavy atom. The van der Waals surface area contributed by atoms with Crippen LogP contribution in [0.25, 0.3) is 10.8 Å². The highest BCUT2D eigenvalue weighted by Crippen LogP contribution is 2.34. The van der Waals surface area contributed by atoms with Crippen LogP contribution in [0.3, 0.4) is 0 Å². The molecule has 0 fully saturated rings. The van der Waals surface area contributed by atoms with Crippen LogP contribution < -0.4 is 5.43 Å². The van der Waals surface area contributed by atoms with Gasteiger partial charge in [0.2, 0.25) is 0 Å². The van der Waals surface area contributed by atoms with Crippen LogP contribution in [0.15, 0.2) is 70.8 Å². The van der Waals surface area contributed by atoms with E-state index in [0.29, 0.717) is 5.02 Å². The average Bonchev–Trinajstić information content (AvgIpc) is 2.90. The molecule has 0 radical (unpaired) electrons. The summed E-state index contributed by atoms with van der Waals surface area (Å²) in [4.78, 5) is 4.61. The summed E-state index contributed by atoms with van der Waals surface area (Å²) in [7, 11) is 0. The van der Waals surface area contributed by atoms with Crippen molar-refractivity contribution in [1.82, 2.24) is 5.43 Å². The number of nitrogens with zero attached hydrogens (tertiary/aromatic N) is 2. The van der Waals surface area contributed by atoms with Gasteiger partial charge in [-0.1, -0.05) is 54.1 Å². The van der Waals surface area contributed by atoms with Crippen LogP contribution in [0.2, 0.25) is 5.02 Å². The molecular formula is C18H12ClN3. The first-order valence-corrected chi connectivity index (χ1v) is 7.34. The Balaban J connectivity index is 1.61. The molecule has 3 aromatic carbocycles. The number of hydrazone groups is 1. The van der Waals surface area contributed by atoms with Crippen molar-refractivity contribution in [3.05, 3.63) is 76.8 Å². The van der Waals surface area contributed by atoms with Gasteiger partial charge in [-0.2, -0.15) is 5.10 Å². The molecule has 0 saturated carbocycles. The number of halogens is 1. The van der Waals surface area contributed by atoms with Gasteiger partial charge in [0.05, 0.1) is 11.9 Å². The first-order chi connectivity index (χ1) is 10.8. The largest absolute Gasteiger partial charge is 0.261 e. The molecule has 4 rings (SSSR count). The second-order valence-corrected chi connectivity index (χ2v) is 5.50. The molecule has 0 unspecified atom stereocenters. The smallest absolute Gasteiger partial charge is 0.154 e. The summed E-state index contributed by atoms with van der Waals surface area (Å²) in [6, 6.07) is 19.8.